The van der Waals surface area contributed by atoms with E-state index >= 15 is 0 Å². The van der Waals surface area contributed by atoms with Crippen LogP contribution >= 0.6 is 0 Å². The fraction of sp³-hybridized carbons (Fsp3) is 0.415. The van der Waals surface area contributed by atoms with Crippen molar-refractivity contribution in [1.29, 1.82) is 0 Å². The molecule has 5 atom stereocenters. The molecular formula is C41H47N3O4. The second-order valence-corrected chi connectivity index (χ2v) is 14.1. The summed E-state index contributed by atoms with van der Waals surface area (Å²) in [5.41, 5.74) is 4.93. The Morgan fingerprint density at radius 2 is 1.75 bits per heavy atom. The van der Waals surface area contributed by atoms with Gasteiger partial charge in [-0.05, 0) is 86.1 Å². The summed E-state index contributed by atoms with van der Waals surface area (Å²) in [5, 5.41) is 18.5. The minimum absolute atomic E-state index is 0.0416. The van der Waals surface area contributed by atoms with Crippen molar-refractivity contribution in [2.24, 2.45) is 0 Å². The molecule has 2 aliphatic carbocycles. The lowest BCUT2D eigenvalue weighted by Crippen LogP contribution is -2.52. The van der Waals surface area contributed by atoms with Crippen LogP contribution in [0.25, 0.3) is 0 Å². The van der Waals surface area contributed by atoms with E-state index < -0.39 is 12.1 Å². The number of nitrogens with one attached hydrogen (secondary N) is 2. The molecule has 3 unspecified atom stereocenters. The summed E-state index contributed by atoms with van der Waals surface area (Å²) in [7, 11) is 0. The second-order valence-electron chi connectivity index (χ2n) is 14.1. The van der Waals surface area contributed by atoms with Gasteiger partial charge < -0.3 is 25.0 Å². The van der Waals surface area contributed by atoms with E-state index in [0.29, 0.717) is 24.4 Å². The van der Waals surface area contributed by atoms with E-state index in [1.54, 1.807) is 16.8 Å². The van der Waals surface area contributed by atoms with Gasteiger partial charge in [0.2, 0.25) is 0 Å². The molecule has 7 heteroatoms. The number of aliphatic hydroxyl groups is 1. The first-order valence-electron chi connectivity index (χ1n) is 17.7. The summed E-state index contributed by atoms with van der Waals surface area (Å²) in [5.74, 6) is 1.04. The Bertz CT molecular complexity index is 1770. The van der Waals surface area contributed by atoms with Crippen LogP contribution in [0.1, 0.15) is 102 Å². The van der Waals surface area contributed by atoms with Crippen LogP contribution < -0.4 is 20.9 Å². The lowest BCUT2D eigenvalue weighted by Gasteiger charge is -2.48. The molecule has 7 rings (SSSR count). The number of nitrogens with zero attached hydrogens (tertiary/aromatic N) is 1. The highest BCUT2D eigenvalue weighted by Gasteiger charge is 2.45. The standard InChI is InChI=1S/C41H47N3O4/c1-2-28-14-18-38-34(22-28)36(25-41(48-38)20-9-21-41)42-26-37(45)35(23-29-10-5-3-6-11-29)43-40(47)32-16-19-39(46)44(27-32)33-17-15-31(24-33)30-12-7-4-8-13-30/h3-8,10-14,16,18-19,22,27,31,33,35-37,42,45H,2,9,15,17,20-21,23-26H2,1H3,(H,43,47)/t31?,33?,35-,36?,37+/m0/s1. The van der Waals surface area contributed by atoms with Crippen molar-refractivity contribution in [3.8, 4) is 5.75 Å². The molecule has 1 aliphatic heterocycles. The number of benzene rings is 3. The quantitative estimate of drug-likeness (QED) is 0.170. The Labute approximate surface area is 283 Å². The molecule has 2 fully saturated rings. The predicted octanol–water partition coefficient (Wildman–Crippen LogP) is 6.66. The number of hydrogen-bond acceptors (Lipinski definition) is 5. The van der Waals surface area contributed by atoms with Crippen LogP contribution in [0.15, 0.2) is 102 Å². The molecule has 0 bridgehead atoms. The first-order chi connectivity index (χ1) is 23.4. The minimum Gasteiger partial charge on any atom is -0.487 e. The van der Waals surface area contributed by atoms with E-state index in [2.05, 4.69) is 60.0 Å². The number of carbonyl (C=O) groups excluding carboxylic acids is 1. The first-order valence-corrected chi connectivity index (χ1v) is 17.7. The Morgan fingerprint density at radius 1 is 0.979 bits per heavy atom. The summed E-state index contributed by atoms with van der Waals surface area (Å²) in [4.78, 5) is 26.8. The maximum Gasteiger partial charge on any atom is 0.253 e. The van der Waals surface area contributed by atoms with Gasteiger partial charge in [-0.1, -0.05) is 79.7 Å². The molecule has 0 radical (unpaired) electrons. The Balaban J connectivity index is 1.07. The number of rotatable bonds is 11. The predicted molar refractivity (Wildman–Crippen MR) is 189 cm³/mol. The van der Waals surface area contributed by atoms with Gasteiger partial charge in [0.15, 0.2) is 0 Å². The zero-order valence-electron chi connectivity index (χ0n) is 27.8. The van der Waals surface area contributed by atoms with Crippen molar-refractivity contribution >= 4 is 5.91 Å². The average Bonchev–Trinajstić information content (AvgIpc) is 3.60. The zero-order valence-corrected chi connectivity index (χ0v) is 27.8. The Kier molecular flexibility index (Phi) is 9.51. The number of fused-ring (bicyclic) bond motifs is 1. The van der Waals surface area contributed by atoms with Crippen LogP contribution in [-0.4, -0.2) is 39.9 Å². The van der Waals surface area contributed by atoms with Crippen molar-refractivity contribution in [3.05, 3.63) is 135 Å². The molecule has 1 spiro atoms. The average molecular weight is 646 g/mol. The lowest BCUT2D eigenvalue weighted by molar-refractivity contribution is -0.0382. The molecular weight excluding hydrogens is 598 g/mol. The number of aromatic nitrogens is 1. The van der Waals surface area contributed by atoms with Crippen LogP contribution in [-0.2, 0) is 12.8 Å². The molecule has 0 saturated heterocycles. The Hall–Kier alpha value is -4.20. The topological polar surface area (TPSA) is 92.6 Å². The summed E-state index contributed by atoms with van der Waals surface area (Å²) in [6.07, 6.45) is 9.18. The molecule has 2 saturated carbocycles. The number of aryl methyl sites for hydroxylation is 1. The van der Waals surface area contributed by atoms with Gasteiger partial charge in [0.05, 0.1) is 17.7 Å². The third kappa shape index (κ3) is 6.99. The molecule has 3 aromatic carbocycles. The molecule has 48 heavy (non-hydrogen) atoms. The van der Waals surface area contributed by atoms with E-state index in [9.17, 15) is 14.7 Å². The molecule has 250 valence electrons. The summed E-state index contributed by atoms with van der Waals surface area (Å²) in [6, 6.07) is 29.5. The fourth-order valence-corrected chi connectivity index (χ4v) is 7.97. The number of hydrogen-bond donors (Lipinski definition) is 3. The van der Waals surface area contributed by atoms with E-state index in [1.807, 2.05) is 36.4 Å². The molecule has 3 aliphatic rings. The molecule has 3 N–H and O–H groups in total. The van der Waals surface area contributed by atoms with Gasteiger partial charge in [-0.2, -0.15) is 0 Å². The summed E-state index contributed by atoms with van der Waals surface area (Å²) < 4.78 is 8.26. The number of amides is 1. The van der Waals surface area contributed by atoms with Crippen LogP contribution in [0, 0.1) is 0 Å². The SMILES string of the molecule is CCc1ccc2c(c1)C(NC[C@@H](O)[C@H](Cc1ccccc1)NC(=O)c1ccc(=O)n(C3CCC(c4ccccc4)C3)c1)CC1(CCC1)O2. The van der Waals surface area contributed by atoms with E-state index in [0.717, 1.165) is 61.8 Å². The molecule has 7 nitrogen and oxygen atoms in total. The van der Waals surface area contributed by atoms with Gasteiger partial charge in [-0.15, -0.1) is 0 Å². The van der Waals surface area contributed by atoms with Crippen LogP contribution in [0.3, 0.4) is 0 Å². The number of ether oxygens (including phenoxy) is 1. The highest BCUT2D eigenvalue weighted by molar-refractivity contribution is 5.94. The fourth-order valence-electron chi connectivity index (χ4n) is 7.97. The third-order valence-corrected chi connectivity index (χ3v) is 10.9. The lowest BCUT2D eigenvalue weighted by atomic mass is 9.72. The highest BCUT2D eigenvalue weighted by Crippen LogP contribution is 2.49. The van der Waals surface area contributed by atoms with Crippen molar-refractivity contribution < 1.29 is 14.6 Å². The van der Waals surface area contributed by atoms with Crippen LogP contribution in [0.5, 0.6) is 5.75 Å². The van der Waals surface area contributed by atoms with Crippen molar-refractivity contribution in [2.45, 2.75) is 100 Å². The summed E-state index contributed by atoms with van der Waals surface area (Å²) in [6.45, 7) is 2.47. The molecule has 1 amide bonds. The van der Waals surface area contributed by atoms with Gasteiger partial charge in [-0.25, -0.2) is 0 Å². The van der Waals surface area contributed by atoms with Crippen molar-refractivity contribution in [3.63, 3.8) is 0 Å². The van der Waals surface area contributed by atoms with Crippen molar-refractivity contribution in [2.75, 3.05) is 6.54 Å². The van der Waals surface area contributed by atoms with Crippen LogP contribution in [0.2, 0.25) is 0 Å². The van der Waals surface area contributed by atoms with Crippen LogP contribution in [0.4, 0.5) is 0 Å². The molecule has 2 heterocycles. The number of carbonyl (C=O) groups is 1. The van der Waals surface area contributed by atoms with E-state index in [1.165, 1.54) is 23.6 Å². The monoisotopic (exact) mass is 645 g/mol. The molecule has 4 aromatic rings. The van der Waals surface area contributed by atoms with Crippen molar-refractivity contribution in [1.82, 2.24) is 15.2 Å². The number of aliphatic hydroxyl groups excluding tert-OH is 1. The van der Waals surface area contributed by atoms with E-state index in [4.69, 9.17) is 4.74 Å². The largest absolute Gasteiger partial charge is 0.487 e. The van der Waals surface area contributed by atoms with Gasteiger partial charge in [0, 0.05) is 42.9 Å². The van der Waals surface area contributed by atoms with Gasteiger partial charge in [0.1, 0.15) is 11.4 Å². The second kappa shape index (κ2) is 14.1. The normalized spacial score (nSPS) is 22.2. The van der Waals surface area contributed by atoms with Gasteiger partial charge in [0.25, 0.3) is 11.5 Å². The third-order valence-electron chi connectivity index (χ3n) is 10.9. The highest BCUT2D eigenvalue weighted by atomic mass is 16.5. The smallest absolute Gasteiger partial charge is 0.253 e. The number of pyridine rings is 1. The summed E-state index contributed by atoms with van der Waals surface area (Å²) >= 11 is 0. The van der Waals surface area contributed by atoms with Gasteiger partial charge >= 0.3 is 0 Å². The minimum atomic E-state index is -0.848. The zero-order chi connectivity index (χ0) is 33.1. The van der Waals surface area contributed by atoms with E-state index in [-0.39, 0.29) is 29.2 Å². The van der Waals surface area contributed by atoms with Gasteiger partial charge in [-0.3, -0.25) is 9.59 Å². The Morgan fingerprint density at radius 3 is 2.48 bits per heavy atom. The first kappa shape index (κ1) is 32.4. The molecule has 1 aromatic heterocycles. The maximum absolute atomic E-state index is 13.8. The maximum atomic E-state index is 13.8.